The van der Waals surface area contributed by atoms with E-state index in [0.717, 1.165) is 44.2 Å². The first-order valence-corrected chi connectivity index (χ1v) is 9.96. The first-order valence-electron chi connectivity index (χ1n) is 8.35. The van der Waals surface area contributed by atoms with Crippen molar-refractivity contribution in [2.45, 2.75) is 18.6 Å². The second-order valence-electron chi connectivity index (χ2n) is 6.07. The molecular formula is C17H15BrF3N5O2S. The molecule has 12 heteroatoms. The van der Waals surface area contributed by atoms with Crippen LogP contribution in [0.4, 0.5) is 18.9 Å². The number of fused-ring (bicyclic) bond motifs is 1. The molecule has 7 nitrogen and oxygen atoms in total. The summed E-state index contributed by atoms with van der Waals surface area (Å²) in [5.74, 6) is -2.21. The van der Waals surface area contributed by atoms with Crippen LogP contribution in [0.15, 0.2) is 34.9 Å². The van der Waals surface area contributed by atoms with E-state index in [1.54, 1.807) is 11.3 Å². The minimum Gasteiger partial charge on any atom is -0.475 e. The molecule has 1 aromatic carbocycles. The van der Waals surface area contributed by atoms with Gasteiger partial charge < -0.3 is 15.7 Å². The fourth-order valence-corrected chi connectivity index (χ4v) is 3.65. The minimum atomic E-state index is -5.08. The Kier molecular flexibility index (Phi) is 6.65. The van der Waals surface area contributed by atoms with Crippen LogP contribution >= 0.6 is 27.3 Å². The number of nitrogens with zero attached hydrogens (tertiary/aromatic N) is 3. The summed E-state index contributed by atoms with van der Waals surface area (Å²) in [5, 5.41) is 25.7. The topological polar surface area (TPSA) is 100 Å². The Morgan fingerprint density at radius 3 is 2.66 bits per heavy atom. The van der Waals surface area contributed by atoms with Crippen LogP contribution in [0.1, 0.15) is 15.9 Å². The molecule has 1 saturated heterocycles. The Labute approximate surface area is 175 Å². The highest BCUT2D eigenvalue weighted by atomic mass is 79.9. The molecule has 154 valence electrons. The summed E-state index contributed by atoms with van der Waals surface area (Å²) in [6.45, 7) is 2.72. The molecule has 3 aromatic rings. The number of hydrogen-bond acceptors (Lipinski definition) is 7. The van der Waals surface area contributed by atoms with Crippen LogP contribution in [-0.4, -0.2) is 45.5 Å². The van der Waals surface area contributed by atoms with Crippen LogP contribution in [-0.2, 0) is 11.3 Å². The lowest BCUT2D eigenvalue weighted by Crippen LogP contribution is -2.39. The Bertz CT molecular complexity index is 1010. The van der Waals surface area contributed by atoms with Gasteiger partial charge in [0.2, 0.25) is 0 Å². The molecule has 3 heterocycles. The molecule has 3 N–H and O–H groups in total. The number of aromatic nitrogens is 3. The van der Waals surface area contributed by atoms with Crippen molar-refractivity contribution in [3.63, 3.8) is 0 Å². The number of benzene rings is 1. The highest BCUT2D eigenvalue weighted by Gasteiger charge is 2.38. The largest absolute Gasteiger partial charge is 0.490 e. The van der Waals surface area contributed by atoms with Gasteiger partial charge in [-0.3, -0.25) is 4.98 Å². The van der Waals surface area contributed by atoms with Crippen LogP contribution in [0.2, 0.25) is 0 Å². The number of aliphatic carboxylic acids is 1. The van der Waals surface area contributed by atoms with Crippen molar-refractivity contribution in [2.24, 2.45) is 0 Å². The van der Waals surface area contributed by atoms with E-state index < -0.39 is 12.1 Å². The molecule has 29 heavy (non-hydrogen) atoms. The molecule has 4 rings (SSSR count). The van der Waals surface area contributed by atoms with Gasteiger partial charge in [-0.15, -0.1) is 10.2 Å². The maximum atomic E-state index is 10.6. The number of nitrogens with one attached hydrogen (secondary N) is 2. The number of carbonyl (C=O) groups is 1. The van der Waals surface area contributed by atoms with E-state index in [9.17, 15) is 13.2 Å². The molecule has 0 radical (unpaired) electrons. The normalized spacial score (nSPS) is 14.1. The van der Waals surface area contributed by atoms with Crippen molar-refractivity contribution < 1.29 is 23.1 Å². The smallest absolute Gasteiger partial charge is 0.475 e. The highest BCUT2D eigenvalue weighted by molar-refractivity contribution is 9.10. The Balaban J connectivity index is 0.000000298. The lowest BCUT2D eigenvalue weighted by Gasteiger charge is -2.23. The van der Waals surface area contributed by atoms with Gasteiger partial charge in [-0.2, -0.15) is 13.2 Å². The Morgan fingerprint density at radius 1 is 1.31 bits per heavy atom. The molecule has 0 spiro atoms. The van der Waals surface area contributed by atoms with Crippen LogP contribution in [0.25, 0.3) is 10.9 Å². The SMILES string of the molecule is Brc1ccc2nccc(NCc3nnc(C4CNC4)s3)c2c1.O=C(O)C(F)(F)F. The molecule has 1 aliphatic heterocycles. The quantitative estimate of drug-likeness (QED) is 0.512. The van der Waals surface area contributed by atoms with Crippen LogP contribution < -0.4 is 10.6 Å². The fraction of sp³-hybridized carbons (Fsp3) is 0.294. The number of rotatable bonds is 4. The number of carboxylic acid groups (broad SMARTS) is 1. The van der Waals surface area contributed by atoms with Crippen molar-refractivity contribution in [1.29, 1.82) is 0 Å². The average Bonchev–Trinajstić information content (AvgIpc) is 3.06. The number of alkyl halides is 3. The van der Waals surface area contributed by atoms with Gasteiger partial charge in [-0.1, -0.05) is 27.3 Å². The van der Waals surface area contributed by atoms with Gasteiger partial charge in [0.05, 0.1) is 12.1 Å². The lowest BCUT2D eigenvalue weighted by molar-refractivity contribution is -0.192. The standard InChI is InChI=1S/C15H14BrN5S.C2HF3O2/c16-10-1-2-12-11(5-10)13(3-4-18-12)19-8-14-20-21-15(22-14)9-6-17-7-9;3-2(4,5)1(6)7/h1-5,9,17H,6-8H2,(H,18,19);(H,6,7). The van der Waals surface area contributed by atoms with E-state index in [1.165, 1.54) is 0 Å². The van der Waals surface area contributed by atoms with E-state index in [-0.39, 0.29) is 0 Å². The Hall–Kier alpha value is -2.31. The number of hydrogen-bond donors (Lipinski definition) is 3. The molecule has 0 atom stereocenters. The summed E-state index contributed by atoms with van der Waals surface area (Å²) in [6.07, 6.45) is -3.26. The molecule has 0 bridgehead atoms. The highest BCUT2D eigenvalue weighted by Crippen LogP contribution is 2.27. The minimum absolute atomic E-state index is 0.545. The summed E-state index contributed by atoms with van der Waals surface area (Å²) in [4.78, 5) is 13.3. The van der Waals surface area contributed by atoms with Crippen LogP contribution in [0, 0.1) is 0 Å². The summed E-state index contributed by atoms with van der Waals surface area (Å²) < 4.78 is 32.8. The van der Waals surface area contributed by atoms with Gasteiger partial charge in [0.15, 0.2) is 0 Å². The third-order valence-electron chi connectivity index (χ3n) is 3.99. The van der Waals surface area contributed by atoms with Gasteiger partial charge in [0.25, 0.3) is 0 Å². The second kappa shape index (κ2) is 9.01. The zero-order chi connectivity index (χ0) is 21.0. The van der Waals surface area contributed by atoms with Gasteiger partial charge in [0.1, 0.15) is 10.0 Å². The lowest BCUT2D eigenvalue weighted by atomic mass is 10.1. The number of pyridine rings is 1. The molecule has 0 aliphatic carbocycles. The molecule has 2 aromatic heterocycles. The third kappa shape index (κ3) is 5.61. The van der Waals surface area contributed by atoms with Gasteiger partial charge in [-0.05, 0) is 24.3 Å². The molecular weight excluding hydrogens is 475 g/mol. The van der Waals surface area contributed by atoms with Gasteiger partial charge in [0, 0.05) is 40.8 Å². The molecule has 0 unspecified atom stereocenters. The summed E-state index contributed by atoms with van der Waals surface area (Å²) >= 11 is 5.21. The van der Waals surface area contributed by atoms with Crippen LogP contribution in [0.5, 0.6) is 0 Å². The number of halogens is 4. The maximum Gasteiger partial charge on any atom is 0.490 e. The first-order chi connectivity index (χ1) is 13.7. The maximum absolute atomic E-state index is 10.6. The van der Waals surface area contributed by atoms with E-state index in [4.69, 9.17) is 9.90 Å². The monoisotopic (exact) mass is 489 g/mol. The average molecular weight is 490 g/mol. The van der Waals surface area contributed by atoms with Crippen molar-refractivity contribution in [2.75, 3.05) is 18.4 Å². The predicted molar refractivity (Wildman–Crippen MR) is 106 cm³/mol. The molecule has 0 amide bonds. The first kappa shape index (κ1) is 21.4. The van der Waals surface area contributed by atoms with E-state index in [0.29, 0.717) is 12.5 Å². The van der Waals surface area contributed by atoms with E-state index in [2.05, 4.69) is 47.8 Å². The second-order valence-corrected chi connectivity index (χ2v) is 8.07. The summed E-state index contributed by atoms with van der Waals surface area (Å²) in [7, 11) is 0. The zero-order valence-corrected chi connectivity index (χ0v) is 17.1. The fourth-order valence-electron chi connectivity index (χ4n) is 2.41. The van der Waals surface area contributed by atoms with Gasteiger partial charge >= 0.3 is 12.1 Å². The molecule has 1 fully saturated rings. The summed E-state index contributed by atoms with van der Waals surface area (Å²) in [5.41, 5.74) is 2.04. The van der Waals surface area contributed by atoms with E-state index >= 15 is 0 Å². The van der Waals surface area contributed by atoms with Gasteiger partial charge in [-0.25, -0.2) is 4.79 Å². The van der Waals surface area contributed by atoms with Crippen molar-refractivity contribution in [1.82, 2.24) is 20.5 Å². The third-order valence-corrected chi connectivity index (χ3v) is 5.57. The summed E-state index contributed by atoms with van der Waals surface area (Å²) in [6, 6.07) is 8.09. The molecule has 1 aliphatic rings. The van der Waals surface area contributed by atoms with Crippen molar-refractivity contribution in [3.05, 3.63) is 45.0 Å². The van der Waals surface area contributed by atoms with Crippen LogP contribution in [0.3, 0.4) is 0 Å². The number of carboxylic acids is 1. The van der Waals surface area contributed by atoms with Crippen molar-refractivity contribution >= 4 is 49.8 Å². The predicted octanol–water partition coefficient (Wildman–Crippen LogP) is 3.78. The molecule has 0 saturated carbocycles. The van der Waals surface area contributed by atoms with Crippen molar-refractivity contribution in [3.8, 4) is 0 Å². The Morgan fingerprint density at radius 2 is 2.03 bits per heavy atom. The number of anilines is 1. The van der Waals surface area contributed by atoms with E-state index in [1.807, 2.05) is 24.4 Å². The zero-order valence-electron chi connectivity index (χ0n) is 14.7.